The van der Waals surface area contributed by atoms with E-state index in [-0.39, 0.29) is 25.9 Å². The molecule has 314 valence electrons. The second-order valence-corrected chi connectivity index (χ2v) is 24.2. The zero-order chi connectivity index (χ0) is 40.4. The highest BCUT2D eigenvalue weighted by atomic mass is 35.5. The molecule has 6 aliphatic carbocycles. The molecule has 10 atom stereocenters. The highest BCUT2D eigenvalue weighted by Gasteiger charge is 2.70. The largest absolute Gasteiger partial charge is 0.481 e. The number of ether oxygens (including phenoxy) is 1. The van der Waals surface area contributed by atoms with Crippen LogP contribution in [-0.4, -0.2) is 68.8 Å². The summed E-state index contributed by atoms with van der Waals surface area (Å²) in [6.07, 6.45) is 20.8. The Bertz CT molecular complexity index is 1770. The van der Waals surface area contributed by atoms with Crippen LogP contribution in [0.2, 0.25) is 17.1 Å². The molecule has 8 heteroatoms. The van der Waals surface area contributed by atoms with Gasteiger partial charge in [-0.25, -0.2) is 4.98 Å². The fourth-order valence-corrected chi connectivity index (χ4v) is 17.6. The van der Waals surface area contributed by atoms with E-state index in [2.05, 4.69) is 75.5 Å². The number of carboxylic acids is 1. The molecule has 1 aromatic heterocycles. The summed E-state index contributed by atoms with van der Waals surface area (Å²) in [5, 5.41) is 15.4. The molecule has 57 heavy (non-hydrogen) atoms. The zero-order valence-corrected chi connectivity index (χ0v) is 38.5. The number of pyridine rings is 1. The molecule has 0 bridgehead atoms. The number of nitrogens with one attached hydrogen (secondary N) is 1. The van der Waals surface area contributed by atoms with Gasteiger partial charge in [-0.15, -0.1) is 0 Å². The number of carboxylic acid groups (broad SMARTS) is 1. The molecule has 1 aliphatic heterocycles. The minimum absolute atomic E-state index is 0.0428. The number of halogens is 1. The molecular formula is C49H74ClN3O3Si. The van der Waals surface area contributed by atoms with Gasteiger partial charge in [0.25, 0.3) is 0 Å². The number of carbonyl (C=O) groups is 1. The third kappa shape index (κ3) is 6.96. The molecular weight excluding hydrogens is 742 g/mol. The van der Waals surface area contributed by atoms with Gasteiger partial charge in [0.1, 0.15) is 0 Å². The van der Waals surface area contributed by atoms with E-state index >= 15 is 0 Å². The number of aliphatic carboxylic acids is 1. The average molecular weight is 817 g/mol. The molecule has 5 fully saturated rings. The van der Waals surface area contributed by atoms with Gasteiger partial charge < -0.3 is 20.1 Å². The Morgan fingerprint density at radius 1 is 1.00 bits per heavy atom. The van der Waals surface area contributed by atoms with E-state index in [4.69, 9.17) is 16.3 Å². The normalized spacial score (nSPS) is 41.4. The molecule has 0 aromatic carbocycles. The van der Waals surface area contributed by atoms with Crippen LogP contribution in [0.5, 0.6) is 5.88 Å². The third-order valence-corrected chi connectivity index (χ3v) is 20.8. The van der Waals surface area contributed by atoms with Crippen molar-refractivity contribution in [3.8, 4) is 5.88 Å². The highest BCUT2D eigenvalue weighted by Crippen LogP contribution is 2.76. The summed E-state index contributed by atoms with van der Waals surface area (Å²) in [6, 6.07) is 6.41. The van der Waals surface area contributed by atoms with Gasteiger partial charge in [-0.3, -0.25) is 4.79 Å². The molecule has 0 spiro atoms. The maximum absolute atomic E-state index is 12.8. The zero-order valence-electron chi connectivity index (χ0n) is 36.4. The van der Waals surface area contributed by atoms with Crippen molar-refractivity contribution in [3.63, 3.8) is 0 Å². The van der Waals surface area contributed by atoms with E-state index in [1.807, 2.05) is 0 Å². The van der Waals surface area contributed by atoms with Gasteiger partial charge in [0, 0.05) is 45.4 Å². The molecule has 2 heterocycles. The van der Waals surface area contributed by atoms with Crippen molar-refractivity contribution in [2.45, 2.75) is 143 Å². The number of allylic oxidation sites excluding steroid dienone is 5. The van der Waals surface area contributed by atoms with Crippen LogP contribution in [0.1, 0.15) is 125 Å². The van der Waals surface area contributed by atoms with Crippen LogP contribution in [0.4, 0.5) is 0 Å². The van der Waals surface area contributed by atoms with Gasteiger partial charge in [0.2, 0.25) is 5.88 Å². The van der Waals surface area contributed by atoms with E-state index in [1.54, 1.807) is 18.3 Å². The fraction of sp³-hybridized carbons (Fsp3) is 0.755. The average Bonchev–Trinajstić information content (AvgIpc) is 3.56. The molecule has 8 rings (SSSR count). The predicted octanol–water partition coefficient (Wildman–Crippen LogP) is 10.5. The van der Waals surface area contributed by atoms with E-state index in [9.17, 15) is 9.90 Å². The molecule has 1 unspecified atom stereocenters. The van der Waals surface area contributed by atoms with Crippen molar-refractivity contribution >= 4 is 27.1 Å². The molecule has 2 N–H and O–H groups in total. The Kier molecular flexibility index (Phi) is 11.4. The first-order valence-corrected chi connectivity index (χ1v) is 25.5. The van der Waals surface area contributed by atoms with Crippen molar-refractivity contribution in [2.24, 2.45) is 56.7 Å². The lowest BCUT2D eigenvalue weighted by Crippen LogP contribution is -2.68. The molecule has 0 radical (unpaired) electrons. The minimum Gasteiger partial charge on any atom is -0.481 e. The van der Waals surface area contributed by atoms with E-state index in [0.29, 0.717) is 71.3 Å². The Morgan fingerprint density at radius 3 is 2.49 bits per heavy atom. The van der Waals surface area contributed by atoms with Gasteiger partial charge in [-0.05, 0) is 172 Å². The van der Waals surface area contributed by atoms with Crippen molar-refractivity contribution in [1.82, 2.24) is 15.2 Å². The van der Waals surface area contributed by atoms with Gasteiger partial charge in [0.15, 0.2) is 0 Å². The van der Waals surface area contributed by atoms with E-state index in [0.717, 1.165) is 25.3 Å². The first-order chi connectivity index (χ1) is 27.1. The van der Waals surface area contributed by atoms with Crippen molar-refractivity contribution in [2.75, 3.05) is 32.8 Å². The second kappa shape index (κ2) is 15.5. The number of nitrogens with zero attached hydrogens (tertiary/aromatic N) is 2. The fourth-order valence-electron chi connectivity index (χ4n) is 15.7. The summed E-state index contributed by atoms with van der Waals surface area (Å²) in [6.45, 7) is 25.7. The number of aromatic nitrogens is 1. The van der Waals surface area contributed by atoms with Gasteiger partial charge in [0.05, 0.1) is 12.0 Å². The molecule has 0 amide bonds. The molecule has 4 saturated carbocycles. The van der Waals surface area contributed by atoms with Crippen LogP contribution < -0.4 is 10.1 Å². The van der Waals surface area contributed by atoms with Crippen LogP contribution in [-0.2, 0) is 4.79 Å². The summed E-state index contributed by atoms with van der Waals surface area (Å²) in [4.78, 5) is 19.8. The van der Waals surface area contributed by atoms with E-state index in [1.165, 1.54) is 99.8 Å². The Balaban J connectivity index is 1.000. The van der Waals surface area contributed by atoms with Crippen LogP contribution in [0.3, 0.4) is 0 Å². The van der Waals surface area contributed by atoms with Crippen LogP contribution in [0.15, 0.2) is 53.8 Å². The summed E-state index contributed by atoms with van der Waals surface area (Å²) in [7, 11) is 0.225. The third-order valence-electron chi connectivity index (χ3n) is 18.9. The molecule has 1 saturated heterocycles. The Hall–Kier alpha value is -1.93. The van der Waals surface area contributed by atoms with Crippen LogP contribution in [0, 0.1) is 56.7 Å². The summed E-state index contributed by atoms with van der Waals surface area (Å²) < 4.78 is 5.88. The van der Waals surface area contributed by atoms with Crippen molar-refractivity contribution in [3.05, 3.63) is 58.8 Å². The first kappa shape index (κ1) is 41.8. The Labute approximate surface area is 352 Å². The number of hydrogen-bond acceptors (Lipinski definition) is 5. The minimum atomic E-state index is -0.819. The summed E-state index contributed by atoms with van der Waals surface area (Å²) >= 11 is 6.13. The van der Waals surface area contributed by atoms with Gasteiger partial charge >= 0.3 is 5.97 Å². The molecule has 6 nitrogen and oxygen atoms in total. The molecule has 7 aliphatic rings. The number of hydrogen-bond donors (Lipinski definition) is 2. The molecule has 1 aromatic rings. The summed E-state index contributed by atoms with van der Waals surface area (Å²) in [5.41, 5.74) is 4.75. The lowest BCUT2D eigenvalue weighted by atomic mass is 9.33. The smallest absolute Gasteiger partial charge is 0.310 e. The lowest BCUT2D eigenvalue weighted by Gasteiger charge is -2.72. The van der Waals surface area contributed by atoms with Gasteiger partial charge in [-0.2, -0.15) is 0 Å². The van der Waals surface area contributed by atoms with Crippen LogP contribution >= 0.6 is 11.6 Å². The van der Waals surface area contributed by atoms with Crippen LogP contribution in [0.25, 0.3) is 0 Å². The Morgan fingerprint density at radius 2 is 1.79 bits per heavy atom. The number of rotatable bonds is 11. The highest BCUT2D eigenvalue weighted by molar-refractivity contribution is 6.35. The predicted molar refractivity (Wildman–Crippen MR) is 237 cm³/mol. The van der Waals surface area contributed by atoms with Gasteiger partial charge in [-0.1, -0.05) is 82.6 Å². The maximum Gasteiger partial charge on any atom is 0.310 e. The SMILES string of the molecule is C=C(C)[C@@H]1CC[C@]2(NCCN3CC[SiH2]CC3)CC[C@]3(C)[C@H](CC[C@@H]4[C@@]5(C)CC=C(C6=CCC(CCOc7cc(Cl)ccn7)(C(=O)O)CC6)C(C)(C)[C@@H]5CC[C@]43C)[C@@H]12. The standard InChI is InChI=1S/C49H74ClN3O3Si/c1-33(2)36-12-20-49(52-25-26-53-27-30-57-31-28-53)22-21-46(6)38(42(36)49)8-9-40-45(5)16-13-37(44(3,4)39(45)14-17-47(40,46)7)34-10-18-48(19-11-34,43(54)55)23-29-56-41-32-35(50)15-24-51-41/h10,13,15,24,32,36,38-40,42,52H,1,8-9,11-12,14,16-23,25-31,57H2,2-7H3,(H,54,55)/t36-,38+,39-,40+,42+,45-,46+,47+,48?,49-/m0/s1. The second-order valence-electron chi connectivity index (χ2n) is 21.6. The van der Waals surface area contributed by atoms with Crippen molar-refractivity contribution < 1.29 is 14.6 Å². The summed E-state index contributed by atoms with van der Waals surface area (Å²) in [5.74, 6) is 3.15. The van der Waals surface area contributed by atoms with E-state index < -0.39 is 11.4 Å². The lowest BCUT2D eigenvalue weighted by molar-refractivity contribution is -0.221. The monoisotopic (exact) mass is 816 g/mol. The van der Waals surface area contributed by atoms with Crippen molar-refractivity contribution in [1.29, 1.82) is 0 Å². The quantitative estimate of drug-likeness (QED) is 0.171. The maximum atomic E-state index is 12.8. The first-order valence-electron chi connectivity index (χ1n) is 23.1. The number of fused-ring (bicyclic) bond motifs is 7. The topological polar surface area (TPSA) is 74.7 Å².